The van der Waals surface area contributed by atoms with E-state index in [1.54, 1.807) is 11.3 Å². The van der Waals surface area contributed by atoms with E-state index in [1.807, 2.05) is 6.20 Å². The van der Waals surface area contributed by atoms with Gasteiger partial charge in [0.2, 0.25) is 0 Å². The molecule has 20 heavy (non-hydrogen) atoms. The van der Waals surface area contributed by atoms with Gasteiger partial charge in [-0.15, -0.1) is 22.9 Å². The molecule has 1 atom stereocenters. The molecule has 0 spiro atoms. The van der Waals surface area contributed by atoms with Crippen LogP contribution in [0.2, 0.25) is 0 Å². The maximum atomic E-state index is 6.08. The summed E-state index contributed by atoms with van der Waals surface area (Å²) in [6.07, 6.45) is 1.92. The zero-order valence-electron chi connectivity index (χ0n) is 11.7. The molecule has 0 aliphatic rings. The molecular weight excluding hydrogens is 290 g/mol. The topological polar surface area (TPSA) is 30.7 Å². The summed E-state index contributed by atoms with van der Waals surface area (Å²) in [5.41, 5.74) is 3.34. The lowest BCUT2D eigenvalue weighted by Crippen LogP contribution is -2.09. The number of nitrogens with zero attached hydrogens (tertiary/aromatic N) is 3. The SMILES string of the molecule is Cc1ccc2nc(CCl)n(C(C)c3ncc(C)s3)c2c1. The Kier molecular flexibility index (Phi) is 3.52. The van der Waals surface area contributed by atoms with E-state index >= 15 is 0 Å². The van der Waals surface area contributed by atoms with E-state index in [0.717, 1.165) is 21.9 Å². The lowest BCUT2D eigenvalue weighted by atomic mass is 10.2. The fourth-order valence-corrected chi connectivity index (χ4v) is 3.46. The Morgan fingerprint density at radius 1 is 1.35 bits per heavy atom. The van der Waals surface area contributed by atoms with E-state index < -0.39 is 0 Å². The third kappa shape index (κ3) is 2.23. The van der Waals surface area contributed by atoms with Gasteiger partial charge in [0.1, 0.15) is 10.8 Å². The zero-order valence-corrected chi connectivity index (χ0v) is 13.3. The van der Waals surface area contributed by atoms with Gasteiger partial charge in [0.05, 0.1) is 23.0 Å². The van der Waals surface area contributed by atoms with Crippen molar-refractivity contribution in [2.45, 2.75) is 32.7 Å². The largest absolute Gasteiger partial charge is 0.317 e. The molecule has 3 rings (SSSR count). The van der Waals surface area contributed by atoms with Crippen molar-refractivity contribution in [2.24, 2.45) is 0 Å². The number of alkyl halides is 1. The van der Waals surface area contributed by atoms with Gasteiger partial charge in [-0.1, -0.05) is 6.07 Å². The summed E-state index contributed by atoms with van der Waals surface area (Å²) in [4.78, 5) is 10.4. The first-order chi connectivity index (χ1) is 9.60. The van der Waals surface area contributed by atoms with E-state index in [1.165, 1.54) is 10.4 Å². The van der Waals surface area contributed by atoms with Gasteiger partial charge in [0, 0.05) is 11.1 Å². The third-order valence-corrected chi connectivity index (χ3v) is 4.74. The fourth-order valence-electron chi connectivity index (χ4n) is 2.46. The molecule has 0 fully saturated rings. The third-order valence-electron chi connectivity index (χ3n) is 3.42. The first-order valence-electron chi connectivity index (χ1n) is 6.56. The second-order valence-corrected chi connectivity index (χ2v) is 6.54. The average Bonchev–Trinajstić information content (AvgIpc) is 3.01. The smallest absolute Gasteiger partial charge is 0.125 e. The standard InChI is InChI=1S/C15H16ClN3S/c1-9-4-5-12-13(6-9)19(14(7-16)18-12)11(3)15-17-8-10(2)20-15/h4-6,8,11H,7H2,1-3H3. The Bertz CT molecular complexity index is 760. The van der Waals surface area contributed by atoms with E-state index in [2.05, 4.69) is 53.5 Å². The average molecular weight is 306 g/mol. The number of rotatable bonds is 3. The van der Waals surface area contributed by atoms with Crippen LogP contribution in [-0.4, -0.2) is 14.5 Å². The Balaban J connectivity index is 2.20. The van der Waals surface area contributed by atoms with Crippen LogP contribution in [0, 0.1) is 13.8 Å². The predicted molar refractivity (Wildman–Crippen MR) is 84.7 cm³/mol. The molecule has 1 unspecified atom stereocenters. The minimum atomic E-state index is 0.147. The minimum Gasteiger partial charge on any atom is -0.317 e. The van der Waals surface area contributed by atoms with E-state index in [0.29, 0.717) is 5.88 Å². The molecule has 0 bridgehead atoms. The van der Waals surface area contributed by atoms with Gasteiger partial charge in [-0.3, -0.25) is 0 Å². The number of fused-ring (bicyclic) bond motifs is 1. The molecular formula is C15H16ClN3S. The van der Waals surface area contributed by atoms with Crippen molar-refractivity contribution in [2.75, 3.05) is 0 Å². The number of halogens is 1. The van der Waals surface area contributed by atoms with E-state index in [4.69, 9.17) is 11.6 Å². The molecule has 0 saturated carbocycles. The molecule has 0 aliphatic carbocycles. The molecule has 5 heteroatoms. The van der Waals surface area contributed by atoms with Gasteiger partial charge in [-0.25, -0.2) is 9.97 Å². The van der Waals surface area contributed by atoms with Crippen LogP contribution in [0.25, 0.3) is 11.0 Å². The summed E-state index contributed by atoms with van der Waals surface area (Å²) in [6, 6.07) is 6.44. The highest BCUT2D eigenvalue weighted by molar-refractivity contribution is 7.11. The number of hydrogen-bond donors (Lipinski definition) is 0. The van der Waals surface area contributed by atoms with E-state index in [-0.39, 0.29) is 6.04 Å². The van der Waals surface area contributed by atoms with Crippen LogP contribution in [0.3, 0.4) is 0 Å². The number of aromatic nitrogens is 3. The quantitative estimate of drug-likeness (QED) is 0.669. The summed E-state index contributed by atoms with van der Waals surface area (Å²) in [7, 11) is 0. The van der Waals surface area contributed by atoms with Gasteiger partial charge < -0.3 is 4.57 Å². The number of thiazole rings is 1. The molecule has 3 aromatic rings. The van der Waals surface area contributed by atoms with Crippen LogP contribution in [0.1, 0.15) is 34.2 Å². The van der Waals surface area contributed by atoms with Gasteiger partial charge in [-0.2, -0.15) is 0 Å². The molecule has 3 nitrogen and oxygen atoms in total. The highest BCUT2D eigenvalue weighted by atomic mass is 35.5. The van der Waals surface area contributed by atoms with Crippen molar-refractivity contribution in [1.82, 2.24) is 14.5 Å². The van der Waals surface area contributed by atoms with Crippen LogP contribution in [0.4, 0.5) is 0 Å². The molecule has 0 N–H and O–H groups in total. The first kappa shape index (κ1) is 13.6. The van der Waals surface area contributed by atoms with Gasteiger partial charge in [0.15, 0.2) is 0 Å². The summed E-state index contributed by atoms with van der Waals surface area (Å²) in [5.74, 6) is 1.30. The molecule has 0 amide bonds. The number of hydrogen-bond acceptors (Lipinski definition) is 3. The van der Waals surface area contributed by atoms with Crippen molar-refractivity contribution in [3.05, 3.63) is 45.7 Å². The maximum Gasteiger partial charge on any atom is 0.125 e. The van der Waals surface area contributed by atoms with Crippen molar-refractivity contribution < 1.29 is 0 Å². The highest BCUT2D eigenvalue weighted by Crippen LogP contribution is 2.29. The van der Waals surface area contributed by atoms with E-state index in [9.17, 15) is 0 Å². The second kappa shape index (κ2) is 5.19. The number of aryl methyl sites for hydroxylation is 2. The summed E-state index contributed by atoms with van der Waals surface area (Å²) >= 11 is 7.80. The monoisotopic (exact) mass is 305 g/mol. The Morgan fingerprint density at radius 3 is 2.80 bits per heavy atom. The van der Waals surface area contributed by atoms with Gasteiger partial charge in [0.25, 0.3) is 0 Å². The van der Waals surface area contributed by atoms with Gasteiger partial charge >= 0.3 is 0 Å². The minimum absolute atomic E-state index is 0.147. The zero-order chi connectivity index (χ0) is 14.3. The molecule has 104 valence electrons. The fraction of sp³-hybridized carbons (Fsp3) is 0.333. The Hall–Kier alpha value is -1.39. The normalized spacial score (nSPS) is 13.0. The van der Waals surface area contributed by atoms with Gasteiger partial charge in [-0.05, 0) is 38.5 Å². The Morgan fingerprint density at radius 2 is 2.15 bits per heavy atom. The summed E-state index contributed by atoms with van der Waals surface area (Å²) < 4.78 is 2.20. The summed E-state index contributed by atoms with van der Waals surface area (Å²) in [5, 5.41) is 1.09. The molecule has 1 aromatic carbocycles. The second-order valence-electron chi connectivity index (χ2n) is 5.01. The van der Waals surface area contributed by atoms with Crippen molar-refractivity contribution in [3.8, 4) is 0 Å². The van der Waals surface area contributed by atoms with Crippen molar-refractivity contribution >= 4 is 34.0 Å². The molecule has 2 heterocycles. The molecule has 0 radical (unpaired) electrons. The maximum absolute atomic E-state index is 6.08. The van der Waals surface area contributed by atoms with Crippen LogP contribution in [0.15, 0.2) is 24.4 Å². The van der Waals surface area contributed by atoms with Crippen LogP contribution in [-0.2, 0) is 5.88 Å². The summed E-state index contributed by atoms with van der Waals surface area (Å²) in [6.45, 7) is 6.32. The number of benzene rings is 1. The number of imidazole rings is 1. The Labute approximate surface area is 127 Å². The lowest BCUT2D eigenvalue weighted by molar-refractivity contribution is 0.629. The van der Waals surface area contributed by atoms with Crippen LogP contribution >= 0.6 is 22.9 Å². The van der Waals surface area contributed by atoms with Crippen molar-refractivity contribution in [1.29, 1.82) is 0 Å². The molecule has 0 aliphatic heterocycles. The lowest BCUT2D eigenvalue weighted by Gasteiger charge is -2.14. The predicted octanol–water partition coefficient (Wildman–Crippen LogP) is 4.46. The van der Waals surface area contributed by atoms with Crippen LogP contribution in [0.5, 0.6) is 0 Å². The van der Waals surface area contributed by atoms with Crippen LogP contribution < -0.4 is 0 Å². The molecule has 2 aromatic heterocycles. The first-order valence-corrected chi connectivity index (χ1v) is 7.91. The van der Waals surface area contributed by atoms with Crippen molar-refractivity contribution in [3.63, 3.8) is 0 Å². The molecule has 0 saturated heterocycles. The highest BCUT2D eigenvalue weighted by Gasteiger charge is 2.19.